The van der Waals surface area contributed by atoms with Gasteiger partial charge >= 0.3 is 0 Å². The predicted molar refractivity (Wildman–Crippen MR) is 94.9 cm³/mol. The van der Waals surface area contributed by atoms with Crippen LogP contribution < -0.4 is 9.47 Å². The first-order valence-electron chi connectivity index (χ1n) is 7.58. The zero-order valence-corrected chi connectivity index (χ0v) is 14.7. The molecule has 1 aliphatic rings. The molecular formula is C18H19NO4S. The molecule has 6 heteroatoms. The standard InChI is InChI=1S/C18H19NO4S/c1-5-9-23-14-8-7-13(10-15(14)22-6-2)11-16-17(20)19(12(3)4)18(21)24-16/h1,7-8,10-12H,6,9H2,2-4H3/b16-11+. The molecule has 0 aromatic heterocycles. The predicted octanol–water partition coefficient (Wildman–Crippen LogP) is 3.54. The van der Waals surface area contributed by atoms with Crippen LogP contribution in [0.4, 0.5) is 4.79 Å². The summed E-state index contributed by atoms with van der Waals surface area (Å²) < 4.78 is 11.0. The van der Waals surface area contributed by atoms with Crippen LogP contribution in [-0.4, -0.2) is 35.3 Å². The molecule has 1 heterocycles. The first-order valence-corrected chi connectivity index (χ1v) is 8.39. The summed E-state index contributed by atoms with van der Waals surface area (Å²) in [6.07, 6.45) is 6.88. The lowest BCUT2D eigenvalue weighted by molar-refractivity contribution is -0.123. The second-order valence-corrected chi connectivity index (χ2v) is 6.27. The van der Waals surface area contributed by atoms with E-state index in [1.807, 2.05) is 20.8 Å². The van der Waals surface area contributed by atoms with Gasteiger partial charge < -0.3 is 9.47 Å². The molecule has 0 saturated carbocycles. The largest absolute Gasteiger partial charge is 0.490 e. The molecular weight excluding hydrogens is 326 g/mol. The van der Waals surface area contributed by atoms with Gasteiger partial charge in [-0.05, 0) is 56.3 Å². The second-order valence-electron chi connectivity index (χ2n) is 5.28. The Balaban J connectivity index is 2.29. The Morgan fingerprint density at radius 3 is 2.62 bits per heavy atom. The Labute approximate surface area is 146 Å². The normalized spacial score (nSPS) is 16.0. The van der Waals surface area contributed by atoms with Gasteiger partial charge in [0.25, 0.3) is 11.1 Å². The molecule has 0 radical (unpaired) electrons. The van der Waals surface area contributed by atoms with Crippen molar-refractivity contribution in [2.24, 2.45) is 0 Å². The summed E-state index contributed by atoms with van der Waals surface area (Å²) >= 11 is 0.942. The average molecular weight is 345 g/mol. The molecule has 2 amide bonds. The SMILES string of the molecule is C#CCOc1ccc(/C=C2/SC(=O)N(C(C)C)C2=O)cc1OCC. The lowest BCUT2D eigenvalue weighted by Crippen LogP contribution is -2.34. The van der Waals surface area contributed by atoms with Crippen LogP contribution in [-0.2, 0) is 4.79 Å². The molecule has 1 aliphatic heterocycles. The minimum absolute atomic E-state index is 0.146. The van der Waals surface area contributed by atoms with Gasteiger partial charge in [-0.2, -0.15) is 0 Å². The van der Waals surface area contributed by atoms with E-state index in [2.05, 4.69) is 5.92 Å². The topological polar surface area (TPSA) is 55.8 Å². The number of thioether (sulfide) groups is 1. The Hall–Kier alpha value is -2.39. The van der Waals surface area contributed by atoms with Crippen molar-refractivity contribution in [3.63, 3.8) is 0 Å². The smallest absolute Gasteiger partial charge is 0.293 e. The highest BCUT2D eigenvalue weighted by molar-refractivity contribution is 8.18. The summed E-state index contributed by atoms with van der Waals surface area (Å²) in [7, 11) is 0. The van der Waals surface area contributed by atoms with E-state index >= 15 is 0 Å². The molecule has 24 heavy (non-hydrogen) atoms. The van der Waals surface area contributed by atoms with Gasteiger partial charge in [-0.3, -0.25) is 14.5 Å². The molecule has 1 fully saturated rings. The Kier molecular flexibility index (Phi) is 5.93. The summed E-state index contributed by atoms with van der Waals surface area (Å²) in [5.74, 6) is 3.22. The van der Waals surface area contributed by atoms with Crippen LogP contribution in [0.3, 0.4) is 0 Å². The van der Waals surface area contributed by atoms with E-state index in [9.17, 15) is 9.59 Å². The fourth-order valence-corrected chi connectivity index (χ4v) is 3.16. The number of hydrogen-bond donors (Lipinski definition) is 0. The maximum Gasteiger partial charge on any atom is 0.293 e. The number of hydrogen-bond acceptors (Lipinski definition) is 5. The van der Waals surface area contributed by atoms with E-state index in [4.69, 9.17) is 15.9 Å². The fraction of sp³-hybridized carbons (Fsp3) is 0.333. The third kappa shape index (κ3) is 3.92. The van der Waals surface area contributed by atoms with Gasteiger partial charge in [0, 0.05) is 6.04 Å². The average Bonchev–Trinajstić information content (AvgIpc) is 2.81. The number of benzene rings is 1. The molecule has 1 aromatic rings. The van der Waals surface area contributed by atoms with Gasteiger partial charge in [0.05, 0.1) is 11.5 Å². The van der Waals surface area contributed by atoms with E-state index in [0.29, 0.717) is 23.0 Å². The Morgan fingerprint density at radius 1 is 1.29 bits per heavy atom. The molecule has 0 unspecified atom stereocenters. The molecule has 1 aromatic carbocycles. The Morgan fingerprint density at radius 2 is 2.04 bits per heavy atom. The van der Waals surface area contributed by atoms with Crippen LogP contribution in [0, 0.1) is 12.3 Å². The summed E-state index contributed by atoms with van der Waals surface area (Å²) in [4.78, 5) is 25.9. The van der Waals surface area contributed by atoms with Crippen LogP contribution in [0.5, 0.6) is 11.5 Å². The zero-order valence-electron chi connectivity index (χ0n) is 13.9. The Bertz CT molecular complexity index is 718. The number of amides is 2. The molecule has 0 aliphatic carbocycles. The highest BCUT2D eigenvalue weighted by Crippen LogP contribution is 2.35. The van der Waals surface area contributed by atoms with Crippen LogP contribution in [0.2, 0.25) is 0 Å². The molecule has 0 bridgehead atoms. The van der Waals surface area contributed by atoms with Gasteiger partial charge in [-0.15, -0.1) is 6.42 Å². The number of ether oxygens (including phenoxy) is 2. The number of terminal acetylenes is 1. The molecule has 2 rings (SSSR count). The first-order chi connectivity index (χ1) is 11.5. The van der Waals surface area contributed by atoms with E-state index < -0.39 is 0 Å². The van der Waals surface area contributed by atoms with Crippen molar-refractivity contribution in [1.82, 2.24) is 4.90 Å². The molecule has 126 valence electrons. The quantitative estimate of drug-likeness (QED) is 0.583. The monoisotopic (exact) mass is 345 g/mol. The third-order valence-corrected chi connectivity index (χ3v) is 4.10. The highest BCUT2D eigenvalue weighted by atomic mass is 32.2. The lowest BCUT2D eigenvalue weighted by atomic mass is 10.1. The zero-order chi connectivity index (χ0) is 17.7. The number of nitrogens with zero attached hydrogens (tertiary/aromatic N) is 1. The number of carbonyl (C=O) groups excluding carboxylic acids is 2. The molecule has 0 atom stereocenters. The molecule has 0 N–H and O–H groups in total. The van der Waals surface area contributed by atoms with Gasteiger partial charge in [0.1, 0.15) is 6.61 Å². The fourth-order valence-electron chi connectivity index (χ4n) is 2.20. The second kappa shape index (κ2) is 7.93. The molecule has 1 saturated heterocycles. The van der Waals surface area contributed by atoms with Crippen LogP contribution in [0.1, 0.15) is 26.3 Å². The minimum Gasteiger partial charge on any atom is -0.490 e. The van der Waals surface area contributed by atoms with E-state index in [1.165, 1.54) is 4.90 Å². The molecule has 0 spiro atoms. The maximum absolute atomic E-state index is 12.3. The summed E-state index contributed by atoms with van der Waals surface area (Å²) in [6.45, 7) is 6.10. The van der Waals surface area contributed by atoms with Crippen LogP contribution in [0.25, 0.3) is 6.08 Å². The van der Waals surface area contributed by atoms with Gasteiger partial charge in [0.15, 0.2) is 11.5 Å². The van der Waals surface area contributed by atoms with Crippen molar-refractivity contribution in [3.8, 4) is 23.8 Å². The minimum atomic E-state index is -0.273. The van der Waals surface area contributed by atoms with Crippen molar-refractivity contribution < 1.29 is 19.1 Å². The molecule has 5 nitrogen and oxygen atoms in total. The van der Waals surface area contributed by atoms with Crippen LogP contribution in [0.15, 0.2) is 23.1 Å². The van der Waals surface area contributed by atoms with Crippen molar-refractivity contribution in [2.45, 2.75) is 26.8 Å². The van der Waals surface area contributed by atoms with E-state index in [-0.39, 0.29) is 23.8 Å². The van der Waals surface area contributed by atoms with Crippen molar-refractivity contribution in [2.75, 3.05) is 13.2 Å². The number of rotatable bonds is 6. The van der Waals surface area contributed by atoms with Gasteiger partial charge in [-0.1, -0.05) is 12.0 Å². The number of imide groups is 1. The van der Waals surface area contributed by atoms with E-state index in [1.54, 1.807) is 24.3 Å². The summed E-state index contributed by atoms with van der Waals surface area (Å²) in [6, 6.07) is 5.12. The van der Waals surface area contributed by atoms with Crippen LogP contribution >= 0.6 is 11.8 Å². The van der Waals surface area contributed by atoms with Gasteiger partial charge in [-0.25, -0.2) is 0 Å². The summed E-state index contributed by atoms with van der Waals surface area (Å²) in [5, 5.41) is -0.250. The number of carbonyl (C=O) groups is 2. The highest BCUT2D eigenvalue weighted by Gasteiger charge is 2.36. The first kappa shape index (κ1) is 18.0. The van der Waals surface area contributed by atoms with Crippen molar-refractivity contribution in [3.05, 3.63) is 28.7 Å². The van der Waals surface area contributed by atoms with Crippen molar-refractivity contribution in [1.29, 1.82) is 0 Å². The van der Waals surface area contributed by atoms with E-state index in [0.717, 1.165) is 17.3 Å². The third-order valence-electron chi connectivity index (χ3n) is 3.22. The lowest BCUT2D eigenvalue weighted by Gasteiger charge is -2.16. The summed E-state index contributed by atoms with van der Waals surface area (Å²) in [5.41, 5.74) is 0.751. The van der Waals surface area contributed by atoms with Crippen molar-refractivity contribution >= 4 is 29.0 Å². The van der Waals surface area contributed by atoms with Gasteiger partial charge in [0.2, 0.25) is 0 Å². The maximum atomic E-state index is 12.3.